The Balaban J connectivity index is -0.0000000909. The van der Waals surface area contributed by atoms with Gasteiger partial charge >= 0.3 is 5.97 Å². The molecule has 0 radical (unpaired) electrons. The van der Waals surface area contributed by atoms with Crippen LogP contribution in [0.4, 0.5) is 0 Å². The van der Waals surface area contributed by atoms with Crippen molar-refractivity contribution in [1.29, 1.82) is 0 Å². The van der Waals surface area contributed by atoms with Gasteiger partial charge in [0.15, 0.2) is 0 Å². The van der Waals surface area contributed by atoms with Crippen LogP contribution in [0.1, 0.15) is 82.1 Å². The molecule has 0 aliphatic carbocycles. The Morgan fingerprint density at radius 1 is 0.944 bits per heavy atom. The molecule has 0 bridgehead atoms. The predicted octanol–water partition coefficient (Wildman–Crippen LogP) is 4.78. The number of carbonyl (C=O) groups excluding carboxylic acids is 2. The first-order valence-electron chi connectivity index (χ1n) is 6.79. The quantitative estimate of drug-likeness (QED) is 0.639. The minimum Gasteiger partial charge on any atom is -0.460 e. The van der Waals surface area contributed by atoms with Crippen LogP contribution in [-0.2, 0) is 14.3 Å². The highest BCUT2D eigenvalue weighted by atomic mass is 16.6. The second-order valence-corrected chi connectivity index (χ2v) is 4.56. The first-order valence-corrected chi connectivity index (χ1v) is 6.79. The maximum absolute atomic E-state index is 10.6. The second-order valence-electron chi connectivity index (χ2n) is 4.56. The Morgan fingerprint density at radius 3 is 1.22 bits per heavy atom. The summed E-state index contributed by atoms with van der Waals surface area (Å²) in [6, 6.07) is 0. The van der Waals surface area contributed by atoms with Crippen molar-refractivity contribution in [1.82, 2.24) is 0 Å². The summed E-state index contributed by atoms with van der Waals surface area (Å²) in [6.07, 6.45) is 1.71. The summed E-state index contributed by atoms with van der Waals surface area (Å²) in [4.78, 5) is 20.0. The molecule has 3 heteroatoms. The first-order chi connectivity index (χ1) is 8.10. The van der Waals surface area contributed by atoms with Gasteiger partial charge in [0.2, 0.25) is 0 Å². The Bertz CT molecular complexity index is 175. The van der Waals surface area contributed by atoms with Crippen molar-refractivity contribution in [2.45, 2.75) is 87.7 Å². The minimum absolute atomic E-state index is 0.137. The molecular formula is C15H34O3. The van der Waals surface area contributed by atoms with Crippen molar-refractivity contribution in [2.24, 2.45) is 0 Å². The van der Waals surface area contributed by atoms with E-state index in [1.54, 1.807) is 6.92 Å². The topological polar surface area (TPSA) is 43.4 Å². The second kappa shape index (κ2) is 18.5. The number of hydrogen-bond acceptors (Lipinski definition) is 3. The van der Waals surface area contributed by atoms with E-state index < -0.39 is 0 Å². The maximum atomic E-state index is 10.6. The van der Waals surface area contributed by atoms with Crippen molar-refractivity contribution in [3.63, 3.8) is 0 Å². The fourth-order valence-electron chi connectivity index (χ4n) is 0.414. The van der Waals surface area contributed by atoms with Gasteiger partial charge in [-0.1, -0.05) is 41.0 Å². The summed E-state index contributed by atoms with van der Waals surface area (Å²) in [7, 11) is 0. The van der Waals surface area contributed by atoms with Crippen molar-refractivity contribution in [3.05, 3.63) is 0 Å². The molecule has 0 aromatic heterocycles. The van der Waals surface area contributed by atoms with E-state index in [0.29, 0.717) is 6.42 Å². The molecule has 18 heavy (non-hydrogen) atoms. The van der Waals surface area contributed by atoms with E-state index >= 15 is 0 Å². The van der Waals surface area contributed by atoms with Gasteiger partial charge in [-0.3, -0.25) is 4.79 Å². The Hall–Kier alpha value is -0.860. The highest BCUT2D eigenvalue weighted by Gasteiger charge is 2.13. The highest BCUT2D eigenvalue weighted by molar-refractivity contribution is 5.72. The Labute approximate surface area is 114 Å². The molecule has 0 saturated carbocycles. The van der Waals surface area contributed by atoms with Gasteiger partial charge in [0.05, 0.1) is 0 Å². The molecule has 0 aliphatic rings. The molecular weight excluding hydrogens is 228 g/mol. The van der Waals surface area contributed by atoms with Crippen LogP contribution in [0.25, 0.3) is 0 Å². The van der Waals surface area contributed by atoms with Gasteiger partial charge in [-0.2, -0.15) is 0 Å². The van der Waals surface area contributed by atoms with Crippen LogP contribution in [-0.4, -0.2) is 17.4 Å². The zero-order valence-electron chi connectivity index (χ0n) is 14.1. The number of Topliss-reactive ketones (excluding diaryl/α,β-unsaturated/α-hetero) is 1. The smallest absolute Gasteiger partial charge is 0.306 e. The number of carbonyl (C=O) groups is 2. The molecule has 0 heterocycles. The number of ether oxygens (including phenoxy) is 1. The fraction of sp³-hybridized carbons (Fsp3) is 0.867. The van der Waals surface area contributed by atoms with Gasteiger partial charge in [0, 0.05) is 6.42 Å². The summed E-state index contributed by atoms with van der Waals surface area (Å²) < 4.78 is 4.95. The van der Waals surface area contributed by atoms with Gasteiger partial charge in [0.25, 0.3) is 0 Å². The van der Waals surface area contributed by atoms with E-state index in [4.69, 9.17) is 4.74 Å². The third-order valence-electron chi connectivity index (χ3n) is 0.709. The molecule has 112 valence electrons. The average Bonchev–Trinajstić information content (AvgIpc) is 2.18. The average molecular weight is 262 g/mol. The van der Waals surface area contributed by atoms with Crippen LogP contribution in [0.5, 0.6) is 0 Å². The lowest BCUT2D eigenvalue weighted by Gasteiger charge is -2.18. The highest BCUT2D eigenvalue weighted by Crippen LogP contribution is 2.07. The van der Waals surface area contributed by atoms with Crippen LogP contribution in [0.15, 0.2) is 0 Å². The van der Waals surface area contributed by atoms with Gasteiger partial charge in [-0.15, -0.1) is 0 Å². The molecule has 3 nitrogen and oxygen atoms in total. The van der Waals surface area contributed by atoms with Crippen LogP contribution in [0.3, 0.4) is 0 Å². The molecule has 0 fully saturated rings. The van der Waals surface area contributed by atoms with Crippen molar-refractivity contribution < 1.29 is 14.3 Å². The van der Waals surface area contributed by atoms with Crippen molar-refractivity contribution in [2.75, 3.05) is 0 Å². The van der Waals surface area contributed by atoms with Gasteiger partial charge in [-0.05, 0) is 34.6 Å². The predicted molar refractivity (Wildman–Crippen MR) is 79.8 cm³/mol. The van der Waals surface area contributed by atoms with Gasteiger partial charge in [0.1, 0.15) is 11.4 Å². The van der Waals surface area contributed by atoms with Gasteiger partial charge < -0.3 is 9.53 Å². The lowest BCUT2D eigenvalue weighted by atomic mass is 10.2. The number of esters is 1. The van der Waals surface area contributed by atoms with Crippen molar-refractivity contribution in [3.8, 4) is 0 Å². The van der Waals surface area contributed by atoms with Crippen LogP contribution >= 0.6 is 0 Å². The third-order valence-corrected chi connectivity index (χ3v) is 0.709. The zero-order valence-corrected chi connectivity index (χ0v) is 14.1. The fourth-order valence-corrected chi connectivity index (χ4v) is 0.414. The van der Waals surface area contributed by atoms with E-state index in [1.807, 2.05) is 34.6 Å². The molecule has 0 rings (SSSR count). The number of ketones is 1. The third kappa shape index (κ3) is 80.3. The SMILES string of the molecule is CC.CC(C)=O.CCC.CCC(=O)OC(C)(C)C. The molecule has 0 spiro atoms. The summed E-state index contributed by atoms with van der Waals surface area (Å²) in [5.74, 6) is 0.0301. The largest absolute Gasteiger partial charge is 0.460 e. The normalized spacial score (nSPS) is 8.33. The summed E-state index contributed by atoms with van der Waals surface area (Å²) >= 11 is 0. The molecule has 0 N–H and O–H groups in total. The van der Waals surface area contributed by atoms with Crippen LogP contribution in [0, 0.1) is 0 Å². The molecule has 0 aromatic rings. The van der Waals surface area contributed by atoms with E-state index in [-0.39, 0.29) is 17.4 Å². The van der Waals surface area contributed by atoms with Crippen LogP contribution < -0.4 is 0 Å². The molecule has 0 aromatic carbocycles. The Morgan fingerprint density at radius 2 is 1.17 bits per heavy atom. The standard InChI is InChI=1S/C7H14O2.C3H6O.C3H8.C2H6/c1-5-6(8)9-7(2,3)4;1-3(2)4;1-3-2;1-2/h5H2,1-4H3;1-2H3;3H2,1-2H3;1-2H3. The van der Waals surface area contributed by atoms with E-state index in [9.17, 15) is 9.59 Å². The first kappa shape index (κ1) is 25.9. The van der Waals surface area contributed by atoms with Crippen molar-refractivity contribution >= 4 is 11.8 Å². The van der Waals surface area contributed by atoms with Gasteiger partial charge in [-0.25, -0.2) is 0 Å². The Kier molecular flexibility index (Phi) is 26.6. The summed E-state index contributed by atoms with van der Waals surface area (Å²) in [6.45, 7) is 18.7. The molecule has 0 aliphatic heterocycles. The summed E-state index contributed by atoms with van der Waals surface area (Å²) in [5.41, 5.74) is -0.326. The molecule has 0 unspecified atom stereocenters. The number of rotatable bonds is 1. The van der Waals surface area contributed by atoms with Crippen LogP contribution in [0.2, 0.25) is 0 Å². The summed E-state index contributed by atoms with van der Waals surface area (Å²) in [5, 5.41) is 0. The van der Waals surface area contributed by atoms with E-state index in [2.05, 4.69) is 13.8 Å². The lowest BCUT2D eigenvalue weighted by molar-refractivity contribution is -0.154. The molecule has 0 amide bonds. The van der Waals surface area contributed by atoms with E-state index in [1.165, 1.54) is 20.3 Å². The lowest BCUT2D eigenvalue weighted by Crippen LogP contribution is -2.23. The molecule has 0 atom stereocenters. The zero-order chi connectivity index (χ0) is 15.8. The number of hydrogen-bond donors (Lipinski definition) is 0. The molecule has 0 saturated heterocycles. The van der Waals surface area contributed by atoms with E-state index in [0.717, 1.165) is 0 Å². The minimum atomic E-state index is -0.326. The maximum Gasteiger partial charge on any atom is 0.306 e. The monoisotopic (exact) mass is 262 g/mol.